The van der Waals surface area contributed by atoms with Gasteiger partial charge in [0.05, 0.1) is 12.1 Å². The smallest absolute Gasteiger partial charge is 0.404 e. The van der Waals surface area contributed by atoms with Crippen molar-refractivity contribution in [2.24, 2.45) is 5.73 Å². The summed E-state index contributed by atoms with van der Waals surface area (Å²) in [7, 11) is 1.49. The van der Waals surface area contributed by atoms with Gasteiger partial charge in [-0.2, -0.15) is 0 Å². The molecule has 2 amide bonds. The minimum absolute atomic E-state index is 0.0176. The Balaban J connectivity index is 2.59. The van der Waals surface area contributed by atoms with Crippen molar-refractivity contribution < 1.29 is 18.7 Å². The van der Waals surface area contributed by atoms with Crippen molar-refractivity contribution in [3.05, 3.63) is 23.6 Å². The summed E-state index contributed by atoms with van der Waals surface area (Å²) in [5, 5.41) is 4.90. The van der Waals surface area contributed by atoms with Crippen LogP contribution in [0.2, 0.25) is 0 Å². The van der Waals surface area contributed by atoms with Crippen LogP contribution in [0, 0.1) is 5.82 Å². The number of ether oxygens (including phenoxy) is 1. The lowest BCUT2D eigenvalue weighted by atomic mass is 10.2. The number of halogens is 1. The third kappa shape index (κ3) is 3.58. The molecule has 0 atom stereocenters. The van der Waals surface area contributed by atoms with Gasteiger partial charge in [-0.1, -0.05) is 0 Å². The quantitative estimate of drug-likeness (QED) is 0.647. The lowest BCUT2D eigenvalue weighted by molar-refractivity contribution is 0.0932. The van der Waals surface area contributed by atoms with Crippen LogP contribution in [-0.2, 0) is 4.74 Å². The lowest BCUT2D eigenvalue weighted by Gasteiger charge is -2.08. The highest BCUT2D eigenvalue weighted by Gasteiger charge is 2.14. The van der Waals surface area contributed by atoms with Crippen LogP contribution in [0.1, 0.15) is 10.4 Å². The second kappa shape index (κ2) is 6.38. The molecule has 98 valence electrons. The molecule has 1 aromatic rings. The van der Waals surface area contributed by atoms with Crippen molar-refractivity contribution in [2.45, 2.75) is 0 Å². The van der Waals surface area contributed by atoms with Crippen LogP contribution in [0.4, 0.5) is 15.0 Å². The molecular formula is C10H13FN4O3. The van der Waals surface area contributed by atoms with Crippen molar-refractivity contribution in [1.82, 2.24) is 10.3 Å². The molecule has 4 N–H and O–H groups in total. The average Bonchev–Trinajstić information content (AvgIpc) is 2.34. The molecule has 1 heterocycles. The Bertz CT molecular complexity index is 453. The molecule has 0 fully saturated rings. The van der Waals surface area contributed by atoms with Crippen LogP contribution < -0.4 is 16.4 Å². The van der Waals surface area contributed by atoms with Gasteiger partial charge < -0.3 is 21.1 Å². The largest absolute Gasteiger partial charge is 0.448 e. The molecule has 1 aromatic heterocycles. The van der Waals surface area contributed by atoms with E-state index in [1.807, 2.05) is 0 Å². The van der Waals surface area contributed by atoms with Crippen molar-refractivity contribution in [3.8, 4) is 0 Å². The fraction of sp³-hybridized carbons (Fsp3) is 0.300. The molecule has 0 aromatic carbocycles. The lowest BCUT2D eigenvalue weighted by Crippen LogP contribution is -2.29. The first kappa shape index (κ1) is 13.7. The Morgan fingerprint density at radius 2 is 2.28 bits per heavy atom. The highest BCUT2D eigenvalue weighted by atomic mass is 19.1. The maximum Gasteiger partial charge on any atom is 0.404 e. The summed E-state index contributed by atoms with van der Waals surface area (Å²) in [5.74, 6) is -1.39. The third-order valence-corrected chi connectivity index (χ3v) is 2.00. The number of carbonyl (C=O) groups is 2. The number of nitrogens with one attached hydrogen (secondary N) is 2. The van der Waals surface area contributed by atoms with E-state index in [2.05, 4.69) is 20.4 Å². The highest BCUT2D eigenvalue weighted by Crippen LogP contribution is 2.13. The summed E-state index contributed by atoms with van der Waals surface area (Å²) in [4.78, 5) is 25.6. The molecular weight excluding hydrogens is 243 g/mol. The molecule has 1 rings (SSSR count). The third-order valence-electron chi connectivity index (χ3n) is 2.00. The summed E-state index contributed by atoms with van der Waals surface area (Å²) < 4.78 is 18.1. The van der Waals surface area contributed by atoms with E-state index in [-0.39, 0.29) is 24.5 Å². The average molecular weight is 256 g/mol. The van der Waals surface area contributed by atoms with Gasteiger partial charge in [0, 0.05) is 13.2 Å². The molecule has 0 unspecified atom stereocenters. The Kier molecular flexibility index (Phi) is 4.85. The summed E-state index contributed by atoms with van der Waals surface area (Å²) >= 11 is 0. The number of aromatic nitrogens is 1. The summed E-state index contributed by atoms with van der Waals surface area (Å²) in [5.41, 5.74) is 4.59. The summed E-state index contributed by atoms with van der Waals surface area (Å²) in [6.45, 7) is -0.0366. The molecule has 0 bridgehead atoms. The molecule has 0 aliphatic rings. The molecule has 7 nitrogen and oxygen atoms in total. The number of nitrogens with two attached hydrogens (primary N) is 1. The van der Waals surface area contributed by atoms with E-state index in [9.17, 15) is 14.0 Å². The minimum atomic E-state index is -0.934. The topological polar surface area (TPSA) is 106 Å². The maximum atomic E-state index is 13.7. The number of rotatable bonds is 5. The number of amides is 2. The van der Waals surface area contributed by atoms with Gasteiger partial charge in [0.1, 0.15) is 6.61 Å². The van der Waals surface area contributed by atoms with Crippen LogP contribution in [0.3, 0.4) is 0 Å². The Labute approximate surface area is 103 Å². The fourth-order valence-corrected chi connectivity index (χ4v) is 1.20. The van der Waals surface area contributed by atoms with Crippen molar-refractivity contribution in [1.29, 1.82) is 0 Å². The SMILES string of the molecule is CNc1nccc(C(=O)NCCOC(N)=O)c1F. The predicted octanol–water partition coefficient (Wildman–Crippen LogP) is 0.0875. The van der Waals surface area contributed by atoms with Crippen molar-refractivity contribution in [3.63, 3.8) is 0 Å². The molecule has 0 saturated heterocycles. The maximum absolute atomic E-state index is 13.7. The Hall–Kier alpha value is -2.38. The number of nitrogens with zero attached hydrogens (tertiary/aromatic N) is 1. The molecule has 0 aliphatic heterocycles. The van der Waals surface area contributed by atoms with Gasteiger partial charge in [0.2, 0.25) is 0 Å². The van der Waals surface area contributed by atoms with E-state index in [1.54, 1.807) is 0 Å². The Morgan fingerprint density at radius 1 is 1.56 bits per heavy atom. The zero-order chi connectivity index (χ0) is 13.5. The van der Waals surface area contributed by atoms with Crippen LogP contribution >= 0.6 is 0 Å². The molecule has 8 heteroatoms. The van der Waals surface area contributed by atoms with Gasteiger partial charge in [-0.15, -0.1) is 0 Å². The predicted molar refractivity (Wildman–Crippen MR) is 61.6 cm³/mol. The van der Waals surface area contributed by atoms with Crippen LogP contribution in [0.5, 0.6) is 0 Å². The van der Waals surface area contributed by atoms with Crippen molar-refractivity contribution in [2.75, 3.05) is 25.5 Å². The monoisotopic (exact) mass is 256 g/mol. The number of anilines is 1. The van der Waals surface area contributed by atoms with E-state index < -0.39 is 17.8 Å². The first-order valence-corrected chi connectivity index (χ1v) is 5.09. The number of primary amides is 1. The van der Waals surface area contributed by atoms with Gasteiger partial charge >= 0.3 is 6.09 Å². The zero-order valence-corrected chi connectivity index (χ0v) is 9.70. The number of pyridine rings is 1. The van der Waals surface area contributed by atoms with Crippen LogP contribution in [0.25, 0.3) is 0 Å². The zero-order valence-electron chi connectivity index (χ0n) is 9.70. The van der Waals surface area contributed by atoms with Crippen molar-refractivity contribution >= 4 is 17.8 Å². The number of carbonyl (C=O) groups excluding carboxylic acids is 2. The van der Waals surface area contributed by atoms with Gasteiger partial charge in [-0.3, -0.25) is 4.79 Å². The second-order valence-electron chi connectivity index (χ2n) is 3.19. The molecule has 0 radical (unpaired) electrons. The van der Waals surface area contributed by atoms with E-state index in [0.717, 1.165) is 0 Å². The van der Waals surface area contributed by atoms with E-state index in [4.69, 9.17) is 5.73 Å². The first-order chi connectivity index (χ1) is 8.56. The van der Waals surface area contributed by atoms with Gasteiger partial charge in [0.15, 0.2) is 11.6 Å². The first-order valence-electron chi connectivity index (χ1n) is 5.09. The molecule has 0 aliphatic carbocycles. The molecule has 0 saturated carbocycles. The summed E-state index contributed by atoms with van der Waals surface area (Å²) in [6, 6.07) is 1.25. The minimum Gasteiger partial charge on any atom is -0.448 e. The highest BCUT2D eigenvalue weighted by molar-refractivity contribution is 5.95. The van der Waals surface area contributed by atoms with E-state index >= 15 is 0 Å². The van der Waals surface area contributed by atoms with Crippen LogP contribution in [-0.4, -0.2) is 37.2 Å². The van der Waals surface area contributed by atoms with E-state index in [1.165, 1.54) is 19.3 Å². The fourth-order valence-electron chi connectivity index (χ4n) is 1.20. The van der Waals surface area contributed by atoms with Crippen LogP contribution in [0.15, 0.2) is 12.3 Å². The summed E-state index contributed by atoms with van der Waals surface area (Å²) in [6.07, 6.45) is 0.376. The second-order valence-corrected chi connectivity index (χ2v) is 3.19. The van der Waals surface area contributed by atoms with Gasteiger partial charge in [-0.25, -0.2) is 14.2 Å². The molecule has 18 heavy (non-hydrogen) atoms. The Morgan fingerprint density at radius 3 is 2.89 bits per heavy atom. The number of hydrogen-bond acceptors (Lipinski definition) is 5. The standard InChI is InChI=1S/C10H13FN4O3/c1-13-8-7(11)6(2-3-14-8)9(16)15-4-5-18-10(12)17/h2-3H,4-5H2,1H3,(H2,12,17)(H,13,14)(H,15,16). The normalized spacial score (nSPS) is 9.67. The van der Waals surface area contributed by atoms with E-state index in [0.29, 0.717) is 0 Å². The molecule has 0 spiro atoms. The van der Waals surface area contributed by atoms with Gasteiger partial charge in [-0.05, 0) is 6.07 Å². The number of hydrogen-bond donors (Lipinski definition) is 3. The van der Waals surface area contributed by atoms with Gasteiger partial charge in [0.25, 0.3) is 5.91 Å².